The maximum atomic E-state index is 12.2. The van der Waals surface area contributed by atoms with Crippen LogP contribution < -0.4 is 10.2 Å². The second-order valence-corrected chi connectivity index (χ2v) is 5.66. The van der Waals surface area contributed by atoms with Crippen molar-refractivity contribution < 1.29 is 24.3 Å². The van der Waals surface area contributed by atoms with Crippen molar-refractivity contribution in [3.05, 3.63) is 24.4 Å². The molecule has 0 unspecified atom stereocenters. The Bertz CT molecular complexity index is 672. The molecule has 2 aromatic rings. The largest absolute Gasteiger partial charge is 0.496 e. The number of carbonyl (C=O) groups excluding carboxylic acids is 1. The van der Waals surface area contributed by atoms with Crippen molar-refractivity contribution in [3.63, 3.8) is 0 Å². The van der Waals surface area contributed by atoms with Crippen LogP contribution in [0, 0.1) is 0 Å². The molecule has 0 aliphatic heterocycles. The Morgan fingerprint density at radius 1 is 1.24 bits per heavy atom. The van der Waals surface area contributed by atoms with Crippen LogP contribution in [0.3, 0.4) is 0 Å². The zero-order valence-electron chi connectivity index (χ0n) is 12.5. The lowest BCUT2D eigenvalue weighted by Gasteiger charge is -2.20. The second kappa shape index (κ2) is 5.42. The van der Waals surface area contributed by atoms with Crippen molar-refractivity contribution in [1.82, 2.24) is 4.57 Å². The second-order valence-electron chi connectivity index (χ2n) is 5.66. The molecule has 0 spiro atoms. The van der Waals surface area contributed by atoms with Gasteiger partial charge < -0.3 is 19.5 Å². The van der Waals surface area contributed by atoms with Gasteiger partial charge in [0.25, 0.3) is 0 Å². The molecule has 2 N–H and O–H groups in total. The van der Waals surface area contributed by atoms with Crippen molar-refractivity contribution in [3.8, 4) is 5.75 Å². The maximum absolute atomic E-state index is 12.2. The Labute approximate surface area is 123 Å². The quantitative estimate of drug-likeness (QED) is 0.810. The van der Waals surface area contributed by atoms with Gasteiger partial charge in [-0.3, -0.25) is 4.57 Å². The summed E-state index contributed by atoms with van der Waals surface area (Å²) in [6, 6.07) is 4.80. The van der Waals surface area contributed by atoms with E-state index in [1.165, 1.54) is 23.9 Å². The summed E-state index contributed by atoms with van der Waals surface area (Å²) in [5.41, 5.74) is -0.0786. The molecule has 7 heteroatoms. The molecule has 0 aliphatic carbocycles. The molecule has 0 aliphatic rings. The van der Waals surface area contributed by atoms with E-state index >= 15 is 0 Å². The van der Waals surface area contributed by atoms with Crippen LogP contribution >= 0.6 is 0 Å². The highest BCUT2D eigenvalue weighted by atomic mass is 16.6. The van der Waals surface area contributed by atoms with Crippen LogP contribution in [0.25, 0.3) is 10.9 Å². The topological polar surface area (TPSA) is 80.9 Å². The van der Waals surface area contributed by atoms with Crippen LogP contribution in [0.2, 0.25) is 0 Å². The first-order valence-electron chi connectivity index (χ1n) is 6.52. The number of benzene rings is 1. The Hall–Kier alpha value is -1.99. The van der Waals surface area contributed by atoms with Gasteiger partial charge in [0.15, 0.2) is 0 Å². The Balaban J connectivity index is 2.62. The number of aromatic nitrogens is 1. The SMILES string of the molecule is COc1ccc(B(O)O)c2c1ccn2C(=O)OC(C)(C)C. The summed E-state index contributed by atoms with van der Waals surface area (Å²) >= 11 is 0. The Morgan fingerprint density at radius 3 is 2.43 bits per heavy atom. The third kappa shape index (κ3) is 3.04. The minimum Gasteiger partial charge on any atom is -0.496 e. The molecule has 0 saturated heterocycles. The molecular weight excluding hydrogens is 273 g/mol. The van der Waals surface area contributed by atoms with E-state index in [-0.39, 0.29) is 5.46 Å². The predicted octanol–water partition coefficient (Wildman–Crippen LogP) is 1.11. The van der Waals surface area contributed by atoms with Gasteiger partial charge in [0.1, 0.15) is 11.4 Å². The minimum absolute atomic E-state index is 0.210. The van der Waals surface area contributed by atoms with Crippen LogP contribution in [0.1, 0.15) is 20.8 Å². The number of nitrogens with zero attached hydrogens (tertiary/aromatic N) is 1. The molecule has 0 radical (unpaired) electrons. The lowest BCUT2D eigenvalue weighted by atomic mass is 9.79. The van der Waals surface area contributed by atoms with Gasteiger partial charge >= 0.3 is 13.2 Å². The van der Waals surface area contributed by atoms with Crippen LogP contribution in [0.15, 0.2) is 24.4 Å². The molecule has 1 aromatic carbocycles. The molecule has 0 amide bonds. The molecule has 6 nitrogen and oxygen atoms in total. The fourth-order valence-electron chi connectivity index (χ4n) is 2.11. The van der Waals surface area contributed by atoms with E-state index in [0.717, 1.165) is 0 Å². The Morgan fingerprint density at radius 2 is 1.90 bits per heavy atom. The summed E-state index contributed by atoms with van der Waals surface area (Å²) in [5.74, 6) is 0.539. The number of methoxy groups -OCH3 is 1. The highest BCUT2D eigenvalue weighted by Gasteiger charge is 2.24. The van der Waals surface area contributed by atoms with Gasteiger partial charge in [0.2, 0.25) is 0 Å². The average Bonchev–Trinajstić information content (AvgIpc) is 2.79. The molecule has 0 saturated carbocycles. The Kier molecular flexibility index (Phi) is 3.98. The third-order valence-corrected chi connectivity index (χ3v) is 2.93. The van der Waals surface area contributed by atoms with Gasteiger partial charge in [0, 0.05) is 17.0 Å². The van der Waals surface area contributed by atoms with E-state index in [1.807, 2.05) is 0 Å². The zero-order valence-corrected chi connectivity index (χ0v) is 12.5. The normalized spacial score (nSPS) is 11.5. The average molecular weight is 291 g/mol. The van der Waals surface area contributed by atoms with E-state index in [2.05, 4.69) is 0 Å². The van der Waals surface area contributed by atoms with Crippen molar-refractivity contribution in [2.75, 3.05) is 7.11 Å². The van der Waals surface area contributed by atoms with Gasteiger partial charge in [0.05, 0.1) is 12.6 Å². The summed E-state index contributed by atoms with van der Waals surface area (Å²) in [6.07, 6.45) is 0.931. The standard InChI is InChI=1S/C14H18BNO5/c1-14(2,3)21-13(17)16-8-7-9-11(20-4)6-5-10(12(9)16)15(18)19/h5-8,18-19H,1-4H3. The molecule has 21 heavy (non-hydrogen) atoms. The number of hydrogen-bond acceptors (Lipinski definition) is 5. The first-order chi connectivity index (χ1) is 9.74. The molecule has 1 heterocycles. The van der Waals surface area contributed by atoms with Crippen molar-refractivity contribution in [2.45, 2.75) is 26.4 Å². The zero-order chi connectivity index (χ0) is 15.8. The number of carbonyl (C=O) groups is 1. The predicted molar refractivity (Wildman–Crippen MR) is 79.9 cm³/mol. The molecule has 112 valence electrons. The fraction of sp³-hybridized carbons (Fsp3) is 0.357. The van der Waals surface area contributed by atoms with Gasteiger partial charge in [-0.05, 0) is 32.9 Å². The van der Waals surface area contributed by atoms with E-state index in [0.29, 0.717) is 16.7 Å². The number of ether oxygens (including phenoxy) is 2. The van der Waals surface area contributed by atoms with Crippen LogP contribution in [-0.4, -0.2) is 40.5 Å². The first kappa shape index (κ1) is 15.4. The maximum Gasteiger partial charge on any atom is 0.490 e. The lowest BCUT2D eigenvalue weighted by molar-refractivity contribution is 0.0544. The van der Waals surface area contributed by atoms with Crippen molar-refractivity contribution in [2.24, 2.45) is 0 Å². The molecule has 0 bridgehead atoms. The van der Waals surface area contributed by atoms with Crippen molar-refractivity contribution in [1.29, 1.82) is 0 Å². The number of fused-ring (bicyclic) bond motifs is 1. The van der Waals surface area contributed by atoms with Gasteiger partial charge in [-0.15, -0.1) is 0 Å². The third-order valence-electron chi connectivity index (χ3n) is 2.93. The summed E-state index contributed by atoms with van der Waals surface area (Å²) in [5, 5.41) is 19.6. The van der Waals surface area contributed by atoms with Gasteiger partial charge in [-0.1, -0.05) is 6.07 Å². The van der Waals surface area contributed by atoms with E-state index < -0.39 is 18.8 Å². The number of rotatable bonds is 2. The van der Waals surface area contributed by atoms with Crippen molar-refractivity contribution >= 4 is 29.6 Å². The monoisotopic (exact) mass is 291 g/mol. The highest BCUT2D eigenvalue weighted by Crippen LogP contribution is 2.26. The summed E-state index contributed by atoms with van der Waals surface area (Å²) < 4.78 is 11.8. The highest BCUT2D eigenvalue weighted by molar-refractivity contribution is 6.62. The molecule has 2 rings (SSSR count). The van der Waals surface area contributed by atoms with Gasteiger partial charge in [-0.25, -0.2) is 4.79 Å². The van der Waals surface area contributed by atoms with E-state index in [1.54, 1.807) is 32.9 Å². The minimum atomic E-state index is -1.70. The van der Waals surface area contributed by atoms with E-state index in [4.69, 9.17) is 9.47 Å². The van der Waals surface area contributed by atoms with E-state index in [9.17, 15) is 14.8 Å². The molecular formula is C14H18BNO5. The van der Waals surface area contributed by atoms with Crippen LogP contribution in [0.5, 0.6) is 5.75 Å². The first-order valence-corrected chi connectivity index (χ1v) is 6.52. The lowest BCUT2D eigenvalue weighted by Crippen LogP contribution is -2.34. The molecule has 0 fully saturated rings. The summed E-state index contributed by atoms with van der Waals surface area (Å²) in [4.78, 5) is 12.2. The summed E-state index contributed by atoms with van der Waals surface area (Å²) in [7, 11) is -0.191. The number of hydrogen-bond donors (Lipinski definition) is 2. The summed E-state index contributed by atoms with van der Waals surface area (Å²) in [6.45, 7) is 5.29. The van der Waals surface area contributed by atoms with Crippen LogP contribution in [0.4, 0.5) is 4.79 Å². The van der Waals surface area contributed by atoms with Gasteiger partial charge in [-0.2, -0.15) is 0 Å². The smallest absolute Gasteiger partial charge is 0.490 e. The molecule has 0 atom stereocenters. The van der Waals surface area contributed by atoms with Crippen LogP contribution in [-0.2, 0) is 4.74 Å². The molecule has 1 aromatic heterocycles. The fourth-order valence-corrected chi connectivity index (χ4v) is 2.11.